The van der Waals surface area contributed by atoms with Crippen LogP contribution in [0.5, 0.6) is 0 Å². The summed E-state index contributed by atoms with van der Waals surface area (Å²) in [6, 6.07) is 2.89. The molecule has 0 atom stereocenters. The van der Waals surface area contributed by atoms with Crippen LogP contribution in [-0.2, 0) is 6.42 Å². The molecular weight excluding hydrogens is 218 g/mol. The Morgan fingerprint density at radius 3 is 2.53 bits per heavy atom. The standard InChI is InChI=1S/C10H12F2N2S/c1-5-2-6(3-9(14)15)7(10(11)12)4-8(5)13/h2,4,10H,3,13H2,1H3,(H2,14,15). The topological polar surface area (TPSA) is 52.0 Å². The van der Waals surface area contributed by atoms with Crippen LogP contribution in [0.1, 0.15) is 23.1 Å². The molecule has 0 fully saturated rings. The van der Waals surface area contributed by atoms with Gasteiger partial charge in [-0.05, 0) is 24.1 Å². The molecule has 5 heteroatoms. The fraction of sp³-hybridized carbons (Fsp3) is 0.300. The minimum absolute atomic E-state index is 0.0918. The first kappa shape index (κ1) is 11.8. The average Bonchev–Trinajstić information content (AvgIpc) is 2.09. The van der Waals surface area contributed by atoms with E-state index in [2.05, 4.69) is 0 Å². The van der Waals surface area contributed by atoms with E-state index < -0.39 is 6.43 Å². The first-order valence-corrected chi connectivity index (χ1v) is 4.78. The summed E-state index contributed by atoms with van der Waals surface area (Å²) in [5, 5.41) is 0. The summed E-state index contributed by atoms with van der Waals surface area (Å²) >= 11 is 4.70. The zero-order chi connectivity index (χ0) is 11.6. The van der Waals surface area contributed by atoms with Crippen molar-refractivity contribution < 1.29 is 8.78 Å². The van der Waals surface area contributed by atoms with Crippen LogP contribution in [0.3, 0.4) is 0 Å². The number of rotatable bonds is 3. The van der Waals surface area contributed by atoms with Gasteiger partial charge in [0.25, 0.3) is 6.43 Å². The zero-order valence-corrected chi connectivity index (χ0v) is 9.07. The lowest BCUT2D eigenvalue weighted by Gasteiger charge is -2.11. The van der Waals surface area contributed by atoms with Crippen LogP contribution in [0, 0.1) is 6.92 Å². The van der Waals surface area contributed by atoms with E-state index in [1.54, 1.807) is 13.0 Å². The SMILES string of the molecule is Cc1cc(CC(N)=S)c(C(F)F)cc1N. The molecule has 15 heavy (non-hydrogen) atoms. The van der Waals surface area contributed by atoms with Crippen LogP contribution in [0.15, 0.2) is 12.1 Å². The van der Waals surface area contributed by atoms with Crippen LogP contribution in [-0.4, -0.2) is 4.99 Å². The minimum atomic E-state index is -2.56. The smallest absolute Gasteiger partial charge is 0.264 e. The molecule has 82 valence electrons. The molecule has 0 aliphatic heterocycles. The Morgan fingerprint density at radius 1 is 1.47 bits per heavy atom. The summed E-state index contributed by atoms with van der Waals surface area (Å²) in [5.41, 5.74) is 12.4. The van der Waals surface area contributed by atoms with E-state index in [1.165, 1.54) is 6.07 Å². The number of benzene rings is 1. The van der Waals surface area contributed by atoms with Crippen LogP contribution in [0.4, 0.5) is 14.5 Å². The molecule has 0 radical (unpaired) electrons. The second-order valence-corrected chi connectivity index (χ2v) is 3.88. The van der Waals surface area contributed by atoms with E-state index >= 15 is 0 Å². The molecule has 0 aromatic heterocycles. The van der Waals surface area contributed by atoms with Gasteiger partial charge in [-0.15, -0.1) is 0 Å². The molecule has 0 heterocycles. The average molecular weight is 230 g/mol. The second-order valence-electron chi connectivity index (χ2n) is 3.35. The van der Waals surface area contributed by atoms with Gasteiger partial charge in [0.2, 0.25) is 0 Å². The first-order chi connectivity index (χ1) is 6.91. The Morgan fingerprint density at radius 2 is 2.07 bits per heavy atom. The number of nitrogen functional groups attached to an aromatic ring is 1. The Bertz CT molecular complexity index is 391. The summed E-state index contributed by atoms with van der Waals surface area (Å²) in [7, 11) is 0. The van der Waals surface area contributed by atoms with Gasteiger partial charge in [0, 0.05) is 17.7 Å². The fourth-order valence-corrected chi connectivity index (χ4v) is 1.50. The number of hydrogen-bond acceptors (Lipinski definition) is 2. The molecule has 0 amide bonds. The van der Waals surface area contributed by atoms with Gasteiger partial charge in [-0.2, -0.15) is 0 Å². The quantitative estimate of drug-likeness (QED) is 0.619. The van der Waals surface area contributed by atoms with Gasteiger partial charge in [-0.3, -0.25) is 0 Å². The molecule has 0 saturated heterocycles. The highest BCUT2D eigenvalue weighted by atomic mass is 32.1. The molecule has 0 saturated carbocycles. The lowest BCUT2D eigenvalue weighted by atomic mass is 10.0. The van der Waals surface area contributed by atoms with Gasteiger partial charge < -0.3 is 11.5 Å². The molecule has 2 nitrogen and oxygen atoms in total. The summed E-state index contributed by atoms with van der Waals surface area (Å²) in [6.07, 6.45) is -2.38. The number of anilines is 1. The molecule has 1 aromatic carbocycles. The second kappa shape index (κ2) is 4.53. The maximum atomic E-state index is 12.7. The van der Waals surface area contributed by atoms with Crippen molar-refractivity contribution >= 4 is 22.9 Å². The molecule has 0 bridgehead atoms. The maximum absolute atomic E-state index is 12.7. The van der Waals surface area contributed by atoms with Gasteiger partial charge in [0.05, 0.1) is 4.99 Å². The first-order valence-electron chi connectivity index (χ1n) is 4.37. The normalized spacial score (nSPS) is 10.7. The van der Waals surface area contributed by atoms with Crippen molar-refractivity contribution in [1.82, 2.24) is 0 Å². The van der Waals surface area contributed by atoms with Crippen LogP contribution in [0.2, 0.25) is 0 Å². The van der Waals surface area contributed by atoms with Crippen molar-refractivity contribution in [3.05, 3.63) is 28.8 Å². The zero-order valence-electron chi connectivity index (χ0n) is 8.26. The number of aryl methyl sites for hydroxylation is 1. The third kappa shape index (κ3) is 2.86. The third-order valence-electron chi connectivity index (χ3n) is 2.13. The van der Waals surface area contributed by atoms with Crippen molar-refractivity contribution in [1.29, 1.82) is 0 Å². The highest BCUT2D eigenvalue weighted by molar-refractivity contribution is 7.80. The molecule has 0 spiro atoms. The van der Waals surface area contributed by atoms with E-state index in [-0.39, 0.29) is 17.0 Å². The summed E-state index contributed by atoms with van der Waals surface area (Å²) < 4.78 is 25.3. The van der Waals surface area contributed by atoms with Crippen LogP contribution < -0.4 is 11.5 Å². The van der Waals surface area contributed by atoms with Crippen molar-refractivity contribution in [2.75, 3.05) is 5.73 Å². The largest absolute Gasteiger partial charge is 0.399 e. The Balaban J connectivity index is 3.21. The van der Waals surface area contributed by atoms with Crippen molar-refractivity contribution in [2.45, 2.75) is 19.8 Å². The summed E-state index contributed by atoms with van der Waals surface area (Å²) in [6.45, 7) is 1.76. The number of halogens is 2. The Hall–Kier alpha value is -1.23. The maximum Gasteiger partial charge on any atom is 0.264 e. The predicted molar refractivity (Wildman–Crippen MR) is 61.0 cm³/mol. The van der Waals surface area contributed by atoms with Crippen molar-refractivity contribution in [3.8, 4) is 0 Å². The molecular formula is C10H12F2N2S. The summed E-state index contributed by atoms with van der Waals surface area (Å²) in [4.78, 5) is 0.195. The van der Waals surface area contributed by atoms with Crippen LogP contribution in [0.25, 0.3) is 0 Å². The highest BCUT2D eigenvalue weighted by Crippen LogP contribution is 2.27. The molecule has 0 aliphatic rings. The van der Waals surface area contributed by atoms with E-state index in [4.69, 9.17) is 23.7 Å². The Kier molecular flexibility index (Phi) is 3.57. The highest BCUT2D eigenvalue weighted by Gasteiger charge is 2.15. The molecule has 1 aromatic rings. The lowest BCUT2D eigenvalue weighted by molar-refractivity contribution is 0.150. The van der Waals surface area contributed by atoms with Gasteiger partial charge in [-0.1, -0.05) is 18.3 Å². The molecule has 0 unspecified atom stereocenters. The van der Waals surface area contributed by atoms with E-state index in [9.17, 15) is 8.78 Å². The molecule has 0 aliphatic carbocycles. The monoisotopic (exact) mass is 230 g/mol. The molecule has 1 rings (SSSR count). The number of nitrogens with two attached hydrogens (primary N) is 2. The van der Waals surface area contributed by atoms with Gasteiger partial charge in [0.15, 0.2) is 0 Å². The van der Waals surface area contributed by atoms with E-state index in [0.717, 1.165) is 5.56 Å². The minimum Gasteiger partial charge on any atom is -0.399 e. The third-order valence-corrected chi connectivity index (χ3v) is 2.27. The van der Waals surface area contributed by atoms with Gasteiger partial charge in [-0.25, -0.2) is 8.78 Å². The fourth-order valence-electron chi connectivity index (χ4n) is 1.35. The molecule has 4 N–H and O–H groups in total. The number of alkyl halides is 2. The van der Waals surface area contributed by atoms with Gasteiger partial charge in [0.1, 0.15) is 0 Å². The predicted octanol–water partition coefficient (Wildman–Crippen LogP) is 2.34. The number of hydrogen-bond donors (Lipinski definition) is 2. The van der Waals surface area contributed by atoms with E-state index in [1.807, 2.05) is 0 Å². The van der Waals surface area contributed by atoms with Crippen molar-refractivity contribution in [2.24, 2.45) is 5.73 Å². The number of thiocarbonyl (C=S) groups is 1. The van der Waals surface area contributed by atoms with Crippen LogP contribution >= 0.6 is 12.2 Å². The summed E-state index contributed by atoms with van der Waals surface area (Å²) in [5.74, 6) is 0. The lowest BCUT2D eigenvalue weighted by Crippen LogP contribution is -2.13. The van der Waals surface area contributed by atoms with Crippen molar-refractivity contribution in [3.63, 3.8) is 0 Å². The van der Waals surface area contributed by atoms with Gasteiger partial charge >= 0.3 is 0 Å². The van der Waals surface area contributed by atoms with E-state index in [0.29, 0.717) is 11.3 Å². The Labute approximate surface area is 92.3 Å².